The molecule has 2 rings (SSSR count). The highest BCUT2D eigenvalue weighted by molar-refractivity contribution is 6.09. The normalized spacial score (nSPS) is 14.9. The van der Waals surface area contributed by atoms with Crippen LogP contribution in [-0.4, -0.2) is 17.9 Å². The first-order valence-electron chi connectivity index (χ1n) is 6.27. The van der Waals surface area contributed by atoms with E-state index in [4.69, 9.17) is 0 Å². The van der Waals surface area contributed by atoms with Crippen molar-refractivity contribution in [2.75, 3.05) is 5.32 Å². The monoisotopic (exact) mass is 264 g/mol. The first-order valence-corrected chi connectivity index (χ1v) is 6.27. The lowest BCUT2D eigenvalue weighted by Gasteiger charge is -2.22. The molecule has 0 atom stereocenters. The maximum Gasteiger partial charge on any atom is 0.239 e. The highest BCUT2D eigenvalue weighted by Crippen LogP contribution is 2.24. The van der Waals surface area contributed by atoms with Crippen molar-refractivity contribution < 1.29 is 14.0 Å². The minimum absolute atomic E-state index is 0.213. The molecule has 0 radical (unpaired) electrons. The molecule has 5 heteroatoms. The lowest BCUT2D eigenvalue weighted by atomic mass is 9.91. The molecular formula is C14H17FN2O2. The first kappa shape index (κ1) is 13.5. The molecule has 19 heavy (non-hydrogen) atoms. The molecule has 0 heterocycles. The van der Waals surface area contributed by atoms with Crippen LogP contribution in [0, 0.1) is 11.2 Å². The number of carbonyl (C=O) groups is 2. The number of halogens is 1. The Balaban J connectivity index is 2.00. The predicted molar refractivity (Wildman–Crippen MR) is 70.0 cm³/mol. The number of anilines is 1. The topological polar surface area (TPSA) is 58.2 Å². The second kappa shape index (κ2) is 4.99. The molecule has 0 unspecified atom stereocenters. The summed E-state index contributed by atoms with van der Waals surface area (Å²) in [7, 11) is 0. The van der Waals surface area contributed by atoms with Crippen molar-refractivity contribution in [3.05, 3.63) is 30.1 Å². The highest BCUT2D eigenvalue weighted by Gasteiger charge is 2.38. The van der Waals surface area contributed by atoms with E-state index < -0.39 is 11.3 Å². The summed E-state index contributed by atoms with van der Waals surface area (Å²) in [5.41, 5.74) is -0.685. The number of nitrogens with one attached hydrogen (secondary N) is 2. The number of hydrogen-bond acceptors (Lipinski definition) is 2. The van der Waals surface area contributed by atoms with Crippen LogP contribution < -0.4 is 10.6 Å². The van der Waals surface area contributed by atoms with E-state index in [1.54, 1.807) is 13.8 Å². The van der Waals surface area contributed by atoms with Crippen molar-refractivity contribution in [1.29, 1.82) is 0 Å². The molecular weight excluding hydrogens is 247 g/mol. The third-order valence-electron chi connectivity index (χ3n) is 3.15. The summed E-state index contributed by atoms with van der Waals surface area (Å²) < 4.78 is 12.8. The minimum atomic E-state index is -1.16. The van der Waals surface area contributed by atoms with E-state index in [1.165, 1.54) is 24.3 Å². The maximum absolute atomic E-state index is 12.8. The Hall–Kier alpha value is -1.91. The summed E-state index contributed by atoms with van der Waals surface area (Å²) in [6.45, 7) is 3.15. The molecule has 1 aliphatic carbocycles. The smallest absolute Gasteiger partial charge is 0.239 e. The number of hydrogen-bond donors (Lipinski definition) is 2. The van der Waals surface area contributed by atoms with Crippen LogP contribution in [-0.2, 0) is 9.59 Å². The van der Waals surface area contributed by atoms with E-state index in [2.05, 4.69) is 10.6 Å². The summed E-state index contributed by atoms with van der Waals surface area (Å²) in [5.74, 6) is -1.06. The summed E-state index contributed by atoms with van der Waals surface area (Å²) in [4.78, 5) is 24.1. The van der Waals surface area contributed by atoms with Crippen LogP contribution in [0.2, 0.25) is 0 Å². The molecule has 4 nitrogen and oxygen atoms in total. The predicted octanol–water partition coefficient (Wildman–Crippen LogP) is 2.07. The largest absolute Gasteiger partial charge is 0.352 e. The average Bonchev–Trinajstić information content (AvgIpc) is 3.15. The molecule has 0 spiro atoms. The van der Waals surface area contributed by atoms with E-state index in [0.717, 1.165) is 12.8 Å². The molecule has 1 saturated carbocycles. The maximum atomic E-state index is 12.8. The zero-order valence-electron chi connectivity index (χ0n) is 11.0. The van der Waals surface area contributed by atoms with Gasteiger partial charge in [-0.15, -0.1) is 0 Å². The Morgan fingerprint density at radius 1 is 1.16 bits per heavy atom. The number of rotatable bonds is 4. The Labute approximate surface area is 111 Å². The highest BCUT2D eigenvalue weighted by atomic mass is 19.1. The fraction of sp³-hybridized carbons (Fsp3) is 0.429. The van der Waals surface area contributed by atoms with Gasteiger partial charge in [-0.1, -0.05) is 0 Å². The van der Waals surface area contributed by atoms with Crippen LogP contribution in [0.5, 0.6) is 0 Å². The van der Waals surface area contributed by atoms with Gasteiger partial charge in [0.2, 0.25) is 11.8 Å². The second-order valence-electron chi connectivity index (χ2n) is 5.33. The van der Waals surface area contributed by atoms with Gasteiger partial charge in [-0.25, -0.2) is 4.39 Å². The molecule has 0 saturated heterocycles. The van der Waals surface area contributed by atoms with Gasteiger partial charge in [-0.3, -0.25) is 9.59 Å². The van der Waals surface area contributed by atoms with E-state index in [0.29, 0.717) is 5.69 Å². The van der Waals surface area contributed by atoms with Gasteiger partial charge in [0, 0.05) is 11.7 Å². The average molecular weight is 264 g/mol. The Morgan fingerprint density at radius 2 is 1.74 bits per heavy atom. The third-order valence-corrected chi connectivity index (χ3v) is 3.15. The van der Waals surface area contributed by atoms with Crippen LogP contribution in [0.25, 0.3) is 0 Å². The van der Waals surface area contributed by atoms with E-state index in [9.17, 15) is 14.0 Å². The molecule has 0 bridgehead atoms. The van der Waals surface area contributed by atoms with Crippen LogP contribution >= 0.6 is 0 Å². The van der Waals surface area contributed by atoms with Crippen LogP contribution in [0.4, 0.5) is 10.1 Å². The van der Waals surface area contributed by atoms with Crippen LogP contribution in [0.15, 0.2) is 24.3 Å². The third kappa shape index (κ3) is 3.30. The lowest BCUT2D eigenvalue weighted by molar-refractivity contribution is -0.138. The molecule has 0 aliphatic heterocycles. The van der Waals surface area contributed by atoms with Crippen molar-refractivity contribution in [3.8, 4) is 0 Å². The van der Waals surface area contributed by atoms with Crippen molar-refractivity contribution in [1.82, 2.24) is 5.32 Å². The summed E-state index contributed by atoms with van der Waals surface area (Å²) in [5, 5.41) is 5.43. The van der Waals surface area contributed by atoms with Gasteiger partial charge in [0.1, 0.15) is 11.2 Å². The quantitative estimate of drug-likeness (QED) is 0.818. The van der Waals surface area contributed by atoms with Crippen molar-refractivity contribution in [2.24, 2.45) is 5.41 Å². The summed E-state index contributed by atoms with van der Waals surface area (Å²) in [6, 6.07) is 5.65. The lowest BCUT2D eigenvalue weighted by Crippen LogP contribution is -2.45. The molecule has 1 aromatic rings. The van der Waals surface area contributed by atoms with E-state index in [1.807, 2.05) is 0 Å². The molecule has 2 N–H and O–H groups in total. The number of amides is 2. The van der Waals surface area contributed by atoms with Crippen molar-refractivity contribution in [2.45, 2.75) is 32.7 Å². The fourth-order valence-electron chi connectivity index (χ4n) is 1.52. The van der Waals surface area contributed by atoms with Gasteiger partial charge in [0.25, 0.3) is 0 Å². The SMILES string of the molecule is CC(C)(C(=O)Nc1ccc(F)cc1)C(=O)NC1CC1. The first-order chi connectivity index (χ1) is 8.89. The van der Waals surface area contributed by atoms with Gasteiger partial charge in [-0.2, -0.15) is 0 Å². The minimum Gasteiger partial charge on any atom is -0.352 e. The van der Waals surface area contributed by atoms with Crippen LogP contribution in [0.3, 0.4) is 0 Å². The van der Waals surface area contributed by atoms with Gasteiger partial charge >= 0.3 is 0 Å². The zero-order valence-corrected chi connectivity index (χ0v) is 11.0. The van der Waals surface area contributed by atoms with Gasteiger partial charge in [-0.05, 0) is 51.0 Å². The Morgan fingerprint density at radius 3 is 2.26 bits per heavy atom. The van der Waals surface area contributed by atoms with E-state index in [-0.39, 0.29) is 17.8 Å². The molecule has 2 amide bonds. The van der Waals surface area contributed by atoms with E-state index >= 15 is 0 Å². The summed E-state index contributed by atoms with van der Waals surface area (Å²) >= 11 is 0. The summed E-state index contributed by atoms with van der Waals surface area (Å²) in [6.07, 6.45) is 1.95. The van der Waals surface area contributed by atoms with Gasteiger partial charge in [0.05, 0.1) is 0 Å². The number of benzene rings is 1. The van der Waals surface area contributed by atoms with Crippen molar-refractivity contribution in [3.63, 3.8) is 0 Å². The molecule has 0 aromatic heterocycles. The second-order valence-corrected chi connectivity index (χ2v) is 5.33. The Kier molecular flexibility index (Phi) is 3.55. The van der Waals surface area contributed by atoms with Crippen LogP contribution in [0.1, 0.15) is 26.7 Å². The Bertz CT molecular complexity index is 493. The van der Waals surface area contributed by atoms with Gasteiger partial charge in [0.15, 0.2) is 0 Å². The molecule has 102 valence electrons. The number of carbonyl (C=O) groups excluding carboxylic acids is 2. The molecule has 1 aromatic carbocycles. The standard InChI is InChI=1S/C14H17FN2O2/c1-14(2,13(19)17-11-7-8-11)12(18)16-10-5-3-9(15)4-6-10/h3-6,11H,7-8H2,1-2H3,(H,16,18)(H,17,19). The fourth-order valence-corrected chi connectivity index (χ4v) is 1.52. The van der Waals surface area contributed by atoms with Gasteiger partial charge < -0.3 is 10.6 Å². The molecule has 1 fully saturated rings. The van der Waals surface area contributed by atoms with Crippen molar-refractivity contribution >= 4 is 17.5 Å². The zero-order chi connectivity index (χ0) is 14.0. The molecule has 1 aliphatic rings.